The van der Waals surface area contributed by atoms with Crippen molar-refractivity contribution >= 4 is 16.7 Å². The van der Waals surface area contributed by atoms with Crippen LogP contribution < -0.4 is 11.1 Å². The van der Waals surface area contributed by atoms with Crippen LogP contribution in [0.1, 0.15) is 32.0 Å². The predicted molar refractivity (Wildman–Crippen MR) is 58.5 cm³/mol. The Morgan fingerprint density at radius 2 is 2.43 bits per heavy atom. The van der Waals surface area contributed by atoms with Crippen LogP contribution in [0.25, 0.3) is 0 Å². The highest BCUT2D eigenvalue weighted by Crippen LogP contribution is 2.22. The minimum absolute atomic E-state index is 0.281. The first-order valence-electron chi connectivity index (χ1n) is 5.14. The van der Waals surface area contributed by atoms with E-state index in [1.54, 1.807) is 0 Å². The molecular formula is C9H16N4S. The Morgan fingerprint density at radius 1 is 1.57 bits per heavy atom. The normalized spacial score (nSPS) is 26.7. The van der Waals surface area contributed by atoms with E-state index in [9.17, 15) is 0 Å². The highest BCUT2D eigenvalue weighted by molar-refractivity contribution is 7.09. The number of aromatic nitrogens is 2. The summed E-state index contributed by atoms with van der Waals surface area (Å²) in [6.45, 7) is 2.06. The first kappa shape index (κ1) is 9.86. The Hall–Kier alpha value is -0.680. The van der Waals surface area contributed by atoms with Crippen LogP contribution in [-0.2, 0) is 6.42 Å². The number of aryl methyl sites for hydroxylation is 1. The Balaban J connectivity index is 1.96. The molecule has 0 amide bonds. The molecule has 1 aliphatic rings. The van der Waals surface area contributed by atoms with Crippen LogP contribution in [0.3, 0.4) is 0 Å². The molecule has 3 N–H and O–H groups in total. The molecule has 1 fully saturated rings. The lowest BCUT2D eigenvalue weighted by molar-refractivity contribution is 0.637. The van der Waals surface area contributed by atoms with Gasteiger partial charge in [-0.3, -0.25) is 0 Å². The van der Waals surface area contributed by atoms with Gasteiger partial charge < -0.3 is 11.1 Å². The molecule has 1 aromatic rings. The van der Waals surface area contributed by atoms with E-state index in [4.69, 9.17) is 5.73 Å². The van der Waals surface area contributed by atoms with Gasteiger partial charge in [0.2, 0.25) is 5.13 Å². The maximum Gasteiger partial charge on any atom is 0.202 e. The molecule has 78 valence electrons. The average molecular weight is 212 g/mol. The fourth-order valence-electron chi connectivity index (χ4n) is 1.78. The summed E-state index contributed by atoms with van der Waals surface area (Å²) in [5, 5.41) is 4.29. The molecule has 0 saturated heterocycles. The van der Waals surface area contributed by atoms with Gasteiger partial charge in [-0.1, -0.05) is 6.92 Å². The standard InChI is InChI=1S/C9H16N4S/c1-2-8-12-9(14-13-8)11-7-5-3-4-6(7)10/h6-7H,2-5,10H2,1H3,(H,11,12,13). The minimum Gasteiger partial charge on any atom is -0.356 e. The molecule has 4 nitrogen and oxygen atoms in total. The van der Waals surface area contributed by atoms with Crippen molar-refractivity contribution in [2.45, 2.75) is 44.7 Å². The highest BCUT2D eigenvalue weighted by atomic mass is 32.1. The lowest BCUT2D eigenvalue weighted by Gasteiger charge is -2.15. The van der Waals surface area contributed by atoms with E-state index in [0.717, 1.165) is 30.2 Å². The Morgan fingerprint density at radius 3 is 3.00 bits per heavy atom. The van der Waals surface area contributed by atoms with Gasteiger partial charge in [0.05, 0.1) is 0 Å². The molecule has 0 aliphatic heterocycles. The first-order valence-corrected chi connectivity index (χ1v) is 5.91. The summed E-state index contributed by atoms with van der Waals surface area (Å²) >= 11 is 1.44. The largest absolute Gasteiger partial charge is 0.356 e. The average Bonchev–Trinajstić information content (AvgIpc) is 2.77. The smallest absolute Gasteiger partial charge is 0.202 e. The van der Waals surface area contributed by atoms with Crippen LogP contribution in [0.5, 0.6) is 0 Å². The highest BCUT2D eigenvalue weighted by Gasteiger charge is 2.24. The molecule has 2 atom stereocenters. The summed E-state index contributed by atoms with van der Waals surface area (Å²) in [5.74, 6) is 0.920. The third kappa shape index (κ3) is 2.04. The van der Waals surface area contributed by atoms with Gasteiger partial charge in [0.15, 0.2) is 0 Å². The van der Waals surface area contributed by atoms with Gasteiger partial charge in [0.25, 0.3) is 0 Å². The lowest BCUT2D eigenvalue weighted by Crippen LogP contribution is -2.35. The van der Waals surface area contributed by atoms with Gasteiger partial charge in [0.1, 0.15) is 5.82 Å². The van der Waals surface area contributed by atoms with Crippen molar-refractivity contribution in [3.63, 3.8) is 0 Å². The number of nitrogens with zero attached hydrogens (tertiary/aromatic N) is 2. The fourth-order valence-corrected chi connectivity index (χ4v) is 2.49. The second kappa shape index (κ2) is 4.23. The summed E-state index contributed by atoms with van der Waals surface area (Å²) in [5.41, 5.74) is 5.96. The molecule has 0 radical (unpaired) electrons. The zero-order valence-electron chi connectivity index (χ0n) is 8.36. The maximum atomic E-state index is 5.96. The summed E-state index contributed by atoms with van der Waals surface area (Å²) in [6, 6.07) is 0.677. The van der Waals surface area contributed by atoms with E-state index in [-0.39, 0.29) is 6.04 Å². The van der Waals surface area contributed by atoms with Crippen LogP contribution in [0.15, 0.2) is 0 Å². The Labute approximate surface area is 88.1 Å². The Bertz CT molecular complexity index is 299. The molecule has 2 unspecified atom stereocenters. The van der Waals surface area contributed by atoms with Crippen molar-refractivity contribution in [3.8, 4) is 0 Å². The molecule has 1 heterocycles. The van der Waals surface area contributed by atoms with Crippen molar-refractivity contribution in [1.82, 2.24) is 9.36 Å². The van der Waals surface area contributed by atoms with E-state index in [2.05, 4.69) is 21.6 Å². The van der Waals surface area contributed by atoms with Gasteiger partial charge >= 0.3 is 0 Å². The van der Waals surface area contributed by atoms with Gasteiger partial charge in [-0.25, -0.2) is 4.98 Å². The van der Waals surface area contributed by atoms with Crippen LogP contribution in [0.4, 0.5) is 5.13 Å². The molecule has 5 heteroatoms. The molecule has 2 rings (SSSR count). The molecule has 0 aromatic carbocycles. The van der Waals surface area contributed by atoms with Crippen molar-refractivity contribution in [2.24, 2.45) is 5.73 Å². The molecule has 1 aromatic heterocycles. The van der Waals surface area contributed by atoms with Crippen molar-refractivity contribution in [1.29, 1.82) is 0 Å². The SMILES string of the molecule is CCc1nsc(NC2CCCC2N)n1. The Kier molecular flexibility index (Phi) is 2.98. The van der Waals surface area contributed by atoms with E-state index in [1.807, 2.05) is 0 Å². The molecule has 0 bridgehead atoms. The van der Waals surface area contributed by atoms with E-state index in [1.165, 1.54) is 18.0 Å². The van der Waals surface area contributed by atoms with Crippen molar-refractivity contribution < 1.29 is 0 Å². The monoisotopic (exact) mass is 212 g/mol. The van der Waals surface area contributed by atoms with E-state index < -0.39 is 0 Å². The number of nitrogens with one attached hydrogen (secondary N) is 1. The number of hydrogen-bond donors (Lipinski definition) is 2. The second-order valence-corrected chi connectivity index (χ2v) is 4.47. The zero-order valence-corrected chi connectivity index (χ0v) is 9.18. The lowest BCUT2D eigenvalue weighted by atomic mass is 10.2. The summed E-state index contributed by atoms with van der Waals surface area (Å²) in [7, 11) is 0. The van der Waals surface area contributed by atoms with Crippen molar-refractivity contribution in [2.75, 3.05) is 5.32 Å². The van der Waals surface area contributed by atoms with Crippen molar-refractivity contribution in [3.05, 3.63) is 5.82 Å². The summed E-state index contributed by atoms with van der Waals surface area (Å²) in [6.07, 6.45) is 4.40. The molecular weight excluding hydrogens is 196 g/mol. The van der Waals surface area contributed by atoms with Crippen LogP contribution in [0.2, 0.25) is 0 Å². The number of rotatable bonds is 3. The molecule has 1 aliphatic carbocycles. The molecule has 14 heavy (non-hydrogen) atoms. The van der Waals surface area contributed by atoms with Gasteiger partial charge in [-0.2, -0.15) is 4.37 Å². The predicted octanol–water partition coefficient (Wildman–Crippen LogP) is 1.39. The quantitative estimate of drug-likeness (QED) is 0.794. The number of nitrogens with two attached hydrogens (primary N) is 1. The summed E-state index contributed by atoms with van der Waals surface area (Å²) in [4.78, 5) is 4.37. The summed E-state index contributed by atoms with van der Waals surface area (Å²) < 4.78 is 4.23. The zero-order chi connectivity index (χ0) is 9.97. The topological polar surface area (TPSA) is 63.8 Å². The maximum absolute atomic E-state index is 5.96. The number of anilines is 1. The fraction of sp³-hybridized carbons (Fsp3) is 0.778. The molecule has 1 saturated carbocycles. The third-order valence-corrected chi connectivity index (χ3v) is 3.35. The van der Waals surface area contributed by atoms with E-state index >= 15 is 0 Å². The van der Waals surface area contributed by atoms with Gasteiger partial charge in [-0.05, 0) is 19.3 Å². The van der Waals surface area contributed by atoms with Gasteiger partial charge in [0, 0.05) is 30.0 Å². The molecule has 0 spiro atoms. The number of hydrogen-bond acceptors (Lipinski definition) is 5. The minimum atomic E-state index is 0.281. The van der Waals surface area contributed by atoms with Gasteiger partial charge in [-0.15, -0.1) is 0 Å². The third-order valence-electron chi connectivity index (χ3n) is 2.66. The van der Waals surface area contributed by atoms with E-state index in [0.29, 0.717) is 6.04 Å². The van der Waals surface area contributed by atoms with Crippen LogP contribution in [0, 0.1) is 0 Å². The second-order valence-electron chi connectivity index (χ2n) is 3.71. The van der Waals surface area contributed by atoms with Crippen LogP contribution in [-0.4, -0.2) is 21.4 Å². The first-order chi connectivity index (χ1) is 6.79. The van der Waals surface area contributed by atoms with Crippen LogP contribution >= 0.6 is 11.5 Å².